The zero-order chi connectivity index (χ0) is 9.54. The second kappa shape index (κ2) is 2.83. The van der Waals surface area contributed by atoms with Gasteiger partial charge < -0.3 is 9.40 Å². The van der Waals surface area contributed by atoms with Gasteiger partial charge in [0.15, 0.2) is 5.82 Å². The lowest BCUT2D eigenvalue weighted by Gasteiger charge is -2.07. The number of hydrogen-bond acceptors (Lipinski definition) is 3. The van der Waals surface area contributed by atoms with Gasteiger partial charge in [-0.1, -0.05) is 5.16 Å². The Balaban J connectivity index is 1.96. The fraction of sp³-hybridized carbons (Fsp3) is 0.600. The number of imidazole rings is 1. The summed E-state index contributed by atoms with van der Waals surface area (Å²) < 4.78 is 2.00. The van der Waals surface area contributed by atoms with Crippen LogP contribution in [-0.4, -0.2) is 21.4 Å². The van der Waals surface area contributed by atoms with E-state index in [9.17, 15) is 0 Å². The first-order valence-corrected chi connectivity index (χ1v) is 5.07. The molecular weight excluding hydrogens is 178 g/mol. The van der Waals surface area contributed by atoms with E-state index in [1.165, 1.54) is 12.8 Å². The van der Waals surface area contributed by atoms with Crippen LogP contribution in [0.4, 0.5) is 0 Å². The molecule has 1 aliphatic heterocycles. The van der Waals surface area contributed by atoms with E-state index in [1.807, 2.05) is 17.8 Å². The Labute approximate surface area is 82.6 Å². The van der Waals surface area contributed by atoms with Crippen LogP contribution in [0.1, 0.15) is 25.1 Å². The third kappa shape index (κ3) is 0.997. The van der Waals surface area contributed by atoms with Gasteiger partial charge in [-0.05, 0) is 19.3 Å². The summed E-state index contributed by atoms with van der Waals surface area (Å²) in [5.74, 6) is 1.44. The molecule has 0 bridgehead atoms. The molecule has 14 heavy (non-hydrogen) atoms. The predicted molar refractivity (Wildman–Crippen MR) is 52.0 cm³/mol. The smallest absolute Gasteiger partial charge is 0.157 e. The number of hydrogen-bond donors (Lipinski definition) is 0. The van der Waals surface area contributed by atoms with Gasteiger partial charge in [-0.3, -0.25) is 0 Å². The zero-order valence-electron chi connectivity index (χ0n) is 8.18. The molecule has 0 radical (unpaired) electrons. The van der Waals surface area contributed by atoms with Crippen molar-refractivity contribution in [3.8, 4) is 0 Å². The third-order valence-corrected chi connectivity index (χ3v) is 3.14. The molecule has 74 valence electrons. The minimum atomic E-state index is 0.321. The van der Waals surface area contributed by atoms with Crippen LogP contribution in [0, 0.1) is 5.92 Å². The van der Waals surface area contributed by atoms with Crippen molar-refractivity contribution < 1.29 is 4.84 Å². The Hall–Kier alpha value is -1.32. The van der Waals surface area contributed by atoms with Crippen molar-refractivity contribution in [2.24, 2.45) is 18.1 Å². The van der Waals surface area contributed by atoms with E-state index in [4.69, 9.17) is 4.84 Å². The van der Waals surface area contributed by atoms with Crippen LogP contribution in [0.25, 0.3) is 0 Å². The van der Waals surface area contributed by atoms with Gasteiger partial charge in [0.1, 0.15) is 11.8 Å². The van der Waals surface area contributed by atoms with Gasteiger partial charge in [-0.25, -0.2) is 4.98 Å². The maximum absolute atomic E-state index is 5.40. The highest BCUT2D eigenvalue weighted by atomic mass is 16.6. The number of nitrogens with zero attached hydrogens (tertiary/aromatic N) is 3. The van der Waals surface area contributed by atoms with E-state index in [0.717, 1.165) is 18.0 Å². The first kappa shape index (κ1) is 8.03. The molecule has 2 aliphatic rings. The largest absolute Gasteiger partial charge is 0.391 e. The summed E-state index contributed by atoms with van der Waals surface area (Å²) in [7, 11) is 1.99. The van der Waals surface area contributed by atoms with Crippen molar-refractivity contribution >= 4 is 5.71 Å². The summed E-state index contributed by atoms with van der Waals surface area (Å²) >= 11 is 0. The van der Waals surface area contributed by atoms with E-state index in [0.29, 0.717) is 12.0 Å². The maximum atomic E-state index is 5.40. The van der Waals surface area contributed by atoms with Crippen LogP contribution in [0.2, 0.25) is 0 Å². The van der Waals surface area contributed by atoms with Crippen LogP contribution in [0.3, 0.4) is 0 Å². The Morgan fingerprint density at radius 1 is 1.50 bits per heavy atom. The number of fused-ring (bicyclic) bond motifs is 1. The van der Waals surface area contributed by atoms with Gasteiger partial charge >= 0.3 is 0 Å². The van der Waals surface area contributed by atoms with Crippen molar-refractivity contribution in [3.05, 3.63) is 18.2 Å². The Kier molecular flexibility index (Phi) is 1.63. The number of rotatable bonds is 1. The molecule has 4 nitrogen and oxygen atoms in total. The monoisotopic (exact) mass is 191 g/mol. The highest BCUT2D eigenvalue weighted by Crippen LogP contribution is 2.35. The standard InChI is InChI=1S/C10H13N3O/c1-13-6-5-11-10(13)9-7-3-2-4-8(7)14-12-9/h5-8H,2-4H2,1H3/t7-,8-/m1/s1. The molecule has 4 heteroatoms. The van der Waals surface area contributed by atoms with Crippen molar-refractivity contribution in [1.82, 2.24) is 9.55 Å². The molecule has 0 unspecified atom stereocenters. The molecule has 2 atom stereocenters. The van der Waals surface area contributed by atoms with Gasteiger partial charge in [0, 0.05) is 25.4 Å². The molecule has 1 fully saturated rings. The van der Waals surface area contributed by atoms with E-state index < -0.39 is 0 Å². The first-order valence-electron chi connectivity index (χ1n) is 5.07. The molecule has 0 aromatic carbocycles. The molecule has 1 aliphatic carbocycles. The van der Waals surface area contributed by atoms with Crippen LogP contribution in [0.5, 0.6) is 0 Å². The minimum absolute atomic E-state index is 0.321. The number of aryl methyl sites for hydroxylation is 1. The van der Waals surface area contributed by atoms with Crippen LogP contribution in [0.15, 0.2) is 17.5 Å². The highest BCUT2D eigenvalue weighted by Gasteiger charge is 2.39. The molecule has 0 amide bonds. The van der Waals surface area contributed by atoms with Gasteiger partial charge in [-0.15, -0.1) is 0 Å². The summed E-state index contributed by atoms with van der Waals surface area (Å²) in [4.78, 5) is 9.71. The summed E-state index contributed by atoms with van der Waals surface area (Å²) in [6.45, 7) is 0. The van der Waals surface area contributed by atoms with E-state index in [1.54, 1.807) is 6.20 Å². The van der Waals surface area contributed by atoms with E-state index >= 15 is 0 Å². The molecule has 1 aromatic heterocycles. The Morgan fingerprint density at radius 2 is 2.43 bits per heavy atom. The summed E-state index contributed by atoms with van der Waals surface area (Å²) in [6, 6.07) is 0. The van der Waals surface area contributed by atoms with Gasteiger partial charge in [-0.2, -0.15) is 0 Å². The molecule has 2 heterocycles. The van der Waals surface area contributed by atoms with Gasteiger partial charge in [0.05, 0.1) is 0 Å². The second-order valence-electron chi connectivity index (χ2n) is 4.02. The number of aromatic nitrogens is 2. The molecule has 0 spiro atoms. The lowest BCUT2D eigenvalue weighted by Crippen LogP contribution is -2.20. The van der Waals surface area contributed by atoms with Crippen LogP contribution in [-0.2, 0) is 11.9 Å². The fourth-order valence-corrected chi connectivity index (χ4v) is 2.38. The van der Waals surface area contributed by atoms with Crippen molar-refractivity contribution in [2.45, 2.75) is 25.4 Å². The van der Waals surface area contributed by atoms with Crippen LogP contribution >= 0.6 is 0 Å². The summed E-state index contributed by atoms with van der Waals surface area (Å²) in [5.41, 5.74) is 1.04. The first-order chi connectivity index (χ1) is 6.86. The molecule has 1 saturated carbocycles. The minimum Gasteiger partial charge on any atom is -0.391 e. The quantitative estimate of drug-likeness (QED) is 0.671. The van der Waals surface area contributed by atoms with Crippen molar-refractivity contribution in [2.75, 3.05) is 0 Å². The predicted octanol–water partition coefficient (Wildman–Crippen LogP) is 1.32. The maximum Gasteiger partial charge on any atom is 0.157 e. The summed E-state index contributed by atoms with van der Waals surface area (Å²) in [5, 5.41) is 4.16. The molecule has 3 rings (SSSR count). The normalized spacial score (nSPS) is 29.9. The van der Waals surface area contributed by atoms with Gasteiger partial charge in [0.2, 0.25) is 0 Å². The van der Waals surface area contributed by atoms with Crippen LogP contribution < -0.4 is 0 Å². The molecule has 1 aromatic rings. The fourth-order valence-electron chi connectivity index (χ4n) is 2.38. The molecule has 0 N–H and O–H groups in total. The van der Waals surface area contributed by atoms with E-state index in [2.05, 4.69) is 10.1 Å². The average Bonchev–Trinajstić information content (AvgIpc) is 2.78. The topological polar surface area (TPSA) is 39.4 Å². The van der Waals surface area contributed by atoms with Crippen molar-refractivity contribution in [1.29, 1.82) is 0 Å². The van der Waals surface area contributed by atoms with E-state index in [-0.39, 0.29) is 0 Å². The summed E-state index contributed by atoms with van der Waals surface area (Å²) in [6.07, 6.45) is 7.65. The third-order valence-electron chi connectivity index (χ3n) is 3.14. The SMILES string of the molecule is Cn1ccnc1C1=NO[C@@H]2CCC[C@@H]12. The van der Waals surface area contributed by atoms with Crippen molar-refractivity contribution in [3.63, 3.8) is 0 Å². The molecule has 0 saturated heterocycles. The van der Waals surface area contributed by atoms with Gasteiger partial charge in [0.25, 0.3) is 0 Å². The Bertz CT molecular complexity index is 382. The number of oxime groups is 1. The zero-order valence-corrected chi connectivity index (χ0v) is 8.18. The Morgan fingerprint density at radius 3 is 3.21 bits per heavy atom. The lowest BCUT2D eigenvalue weighted by molar-refractivity contribution is 0.0746. The highest BCUT2D eigenvalue weighted by molar-refractivity contribution is 6.00. The average molecular weight is 191 g/mol. The second-order valence-corrected chi connectivity index (χ2v) is 4.02. The lowest BCUT2D eigenvalue weighted by atomic mass is 10.00. The molecular formula is C10H13N3O.